The van der Waals surface area contributed by atoms with Gasteiger partial charge in [-0.05, 0) is 99.7 Å². The zero-order chi connectivity index (χ0) is 27.3. The number of esters is 1. The van der Waals surface area contributed by atoms with Crippen LogP contribution in [0.5, 0.6) is 0 Å². The van der Waals surface area contributed by atoms with Gasteiger partial charge in [-0.25, -0.2) is 4.79 Å². The molecule has 206 valence electrons. The molecule has 1 heterocycles. The molecule has 1 N–H and O–H groups in total. The molecule has 0 aromatic heterocycles. The van der Waals surface area contributed by atoms with Crippen molar-refractivity contribution in [3.8, 4) is 0 Å². The number of benzene rings is 2. The third kappa shape index (κ3) is 6.31. The van der Waals surface area contributed by atoms with E-state index < -0.39 is 5.54 Å². The van der Waals surface area contributed by atoms with Gasteiger partial charge in [-0.3, -0.25) is 4.99 Å². The van der Waals surface area contributed by atoms with Crippen molar-refractivity contribution in [3.05, 3.63) is 64.1 Å². The molecule has 38 heavy (non-hydrogen) atoms. The standard InChI is InChI=1S/C31H41Cl2N3O2/c1-5-6-19-36-21-34-31(29(37)38-4,20-22-7-13-25(32)14-8-22)28(36)23-9-11-24(12-10-23)30(2,3)35-27-17-15-26(33)16-18-27/h7-8,13-18,21,23-24,28,35H,5-6,9-12,19-20H2,1-4H3. The number of hydrogen-bond donors (Lipinski definition) is 1. The van der Waals surface area contributed by atoms with E-state index >= 15 is 0 Å². The van der Waals surface area contributed by atoms with Crippen LogP contribution in [-0.4, -0.2) is 48.0 Å². The van der Waals surface area contributed by atoms with Crippen LogP contribution in [0.4, 0.5) is 5.69 Å². The van der Waals surface area contributed by atoms with E-state index in [1.54, 1.807) is 0 Å². The van der Waals surface area contributed by atoms with Crippen molar-refractivity contribution in [3.63, 3.8) is 0 Å². The molecule has 2 unspecified atom stereocenters. The van der Waals surface area contributed by atoms with Crippen LogP contribution in [0.1, 0.15) is 64.9 Å². The summed E-state index contributed by atoms with van der Waals surface area (Å²) in [6.07, 6.45) is 8.86. The molecule has 2 aromatic carbocycles. The fraction of sp³-hybridized carbons (Fsp3) is 0.548. The highest BCUT2D eigenvalue weighted by molar-refractivity contribution is 6.30. The Morgan fingerprint density at radius 2 is 1.66 bits per heavy atom. The van der Waals surface area contributed by atoms with Crippen molar-refractivity contribution in [1.82, 2.24) is 4.90 Å². The maximum Gasteiger partial charge on any atom is 0.336 e. The molecule has 1 aliphatic heterocycles. The first kappa shape index (κ1) is 28.8. The topological polar surface area (TPSA) is 53.9 Å². The summed E-state index contributed by atoms with van der Waals surface area (Å²) in [4.78, 5) is 20.8. The van der Waals surface area contributed by atoms with Crippen LogP contribution in [0.15, 0.2) is 53.5 Å². The van der Waals surface area contributed by atoms with E-state index in [1.165, 1.54) is 7.11 Å². The molecule has 0 bridgehead atoms. The van der Waals surface area contributed by atoms with E-state index in [0.29, 0.717) is 23.3 Å². The Morgan fingerprint density at radius 3 is 2.24 bits per heavy atom. The Hall–Kier alpha value is -2.24. The van der Waals surface area contributed by atoms with Crippen LogP contribution in [0.3, 0.4) is 0 Å². The van der Waals surface area contributed by atoms with E-state index in [2.05, 4.69) is 31.0 Å². The van der Waals surface area contributed by atoms with E-state index in [1.807, 2.05) is 54.9 Å². The number of nitrogens with zero attached hydrogens (tertiary/aromatic N) is 2. The van der Waals surface area contributed by atoms with Crippen LogP contribution < -0.4 is 5.32 Å². The van der Waals surface area contributed by atoms with Crippen molar-refractivity contribution >= 4 is 41.2 Å². The van der Waals surface area contributed by atoms with Crippen LogP contribution >= 0.6 is 23.2 Å². The maximum atomic E-state index is 13.5. The first-order chi connectivity index (χ1) is 18.2. The lowest BCUT2D eigenvalue weighted by atomic mass is 9.67. The summed E-state index contributed by atoms with van der Waals surface area (Å²) < 4.78 is 5.43. The second-order valence-corrected chi connectivity index (χ2v) is 12.3. The number of ether oxygens (including phenoxy) is 1. The molecule has 2 aliphatic rings. The molecule has 0 amide bonds. The Balaban J connectivity index is 1.55. The van der Waals surface area contributed by atoms with Crippen LogP contribution in [-0.2, 0) is 16.0 Å². The summed E-state index contributed by atoms with van der Waals surface area (Å²) in [5.74, 6) is 0.618. The summed E-state index contributed by atoms with van der Waals surface area (Å²) in [5.41, 5.74) is 1.12. The van der Waals surface area contributed by atoms with Gasteiger partial charge in [0.05, 0.1) is 19.5 Å². The predicted molar refractivity (Wildman–Crippen MR) is 158 cm³/mol. The Bertz CT molecular complexity index is 1100. The van der Waals surface area contributed by atoms with Crippen molar-refractivity contribution in [2.45, 2.75) is 82.8 Å². The minimum Gasteiger partial charge on any atom is -0.467 e. The number of carbonyl (C=O) groups is 1. The highest BCUT2D eigenvalue weighted by Crippen LogP contribution is 2.45. The van der Waals surface area contributed by atoms with E-state index in [9.17, 15) is 4.79 Å². The number of rotatable bonds is 10. The van der Waals surface area contributed by atoms with Crippen LogP contribution in [0, 0.1) is 11.8 Å². The maximum absolute atomic E-state index is 13.5. The molecular weight excluding hydrogens is 517 g/mol. The lowest BCUT2D eigenvalue weighted by Gasteiger charge is -2.46. The molecule has 1 saturated carbocycles. The summed E-state index contributed by atoms with van der Waals surface area (Å²) in [6, 6.07) is 15.7. The number of aliphatic imine (C=N–C) groups is 1. The third-order valence-electron chi connectivity index (χ3n) is 8.53. The predicted octanol–water partition coefficient (Wildman–Crippen LogP) is 7.66. The van der Waals surface area contributed by atoms with Crippen molar-refractivity contribution in [2.75, 3.05) is 19.0 Å². The zero-order valence-electron chi connectivity index (χ0n) is 23.1. The lowest BCUT2D eigenvalue weighted by molar-refractivity contribution is -0.149. The van der Waals surface area contributed by atoms with E-state index in [-0.39, 0.29) is 17.6 Å². The van der Waals surface area contributed by atoms with Crippen LogP contribution in [0.25, 0.3) is 0 Å². The van der Waals surface area contributed by atoms with Gasteiger partial charge in [-0.2, -0.15) is 0 Å². The number of halogens is 2. The first-order valence-electron chi connectivity index (χ1n) is 13.9. The number of unbranched alkanes of at least 4 members (excludes halogenated alkanes) is 1. The average molecular weight is 559 g/mol. The van der Waals surface area contributed by atoms with Crippen molar-refractivity contribution in [1.29, 1.82) is 0 Å². The molecular formula is C31H41Cl2N3O2. The Kier molecular flexibility index (Phi) is 9.31. The molecule has 2 aromatic rings. The second kappa shape index (κ2) is 12.3. The summed E-state index contributed by atoms with van der Waals surface area (Å²) >= 11 is 12.2. The number of hydrogen-bond acceptors (Lipinski definition) is 5. The van der Waals surface area contributed by atoms with Gasteiger partial charge in [0.2, 0.25) is 0 Å². The fourth-order valence-corrected chi connectivity index (χ4v) is 6.70. The molecule has 5 nitrogen and oxygen atoms in total. The Labute approximate surface area is 237 Å². The van der Waals surface area contributed by atoms with Gasteiger partial charge in [-0.15, -0.1) is 0 Å². The largest absolute Gasteiger partial charge is 0.467 e. The van der Waals surface area contributed by atoms with Gasteiger partial charge < -0.3 is 15.0 Å². The first-order valence-corrected chi connectivity index (χ1v) is 14.6. The Morgan fingerprint density at radius 1 is 1.05 bits per heavy atom. The number of methoxy groups -OCH3 is 1. The average Bonchev–Trinajstić information content (AvgIpc) is 3.28. The van der Waals surface area contributed by atoms with E-state index in [4.69, 9.17) is 32.9 Å². The smallest absolute Gasteiger partial charge is 0.336 e. The van der Waals surface area contributed by atoms with Gasteiger partial charge in [0.25, 0.3) is 0 Å². The van der Waals surface area contributed by atoms with Gasteiger partial charge in [0.15, 0.2) is 5.54 Å². The monoisotopic (exact) mass is 557 g/mol. The minimum absolute atomic E-state index is 0.0227. The van der Waals surface area contributed by atoms with Crippen molar-refractivity contribution in [2.24, 2.45) is 16.8 Å². The van der Waals surface area contributed by atoms with Gasteiger partial charge in [-0.1, -0.05) is 48.7 Å². The number of anilines is 1. The fourth-order valence-electron chi connectivity index (χ4n) is 6.45. The van der Waals surface area contributed by atoms with Gasteiger partial charge in [0, 0.05) is 34.2 Å². The lowest BCUT2D eigenvalue weighted by Crippen LogP contribution is -2.57. The molecule has 0 saturated heterocycles. The quantitative estimate of drug-likeness (QED) is 0.304. The molecule has 1 fully saturated rings. The SMILES string of the molecule is CCCCN1C=NC(Cc2ccc(Cl)cc2)(C(=O)OC)C1C1CCC(C(C)(C)Nc2ccc(Cl)cc2)CC1. The van der Waals surface area contributed by atoms with Gasteiger partial charge >= 0.3 is 5.97 Å². The zero-order valence-corrected chi connectivity index (χ0v) is 24.6. The normalized spacial score (nSPS) is 25.4. The number of carbonyl (C=O) groups excluding carboxylic acids is 1. The molecule has 2 atom stereocenters. The van der Waals surface area contributed by atoms with Crippen LogP contribution in [0.2, 0.25) is 10.0 Å². The molecule has 1 aliphatic carbocycles. The molecule has 0 spiro atoms. The van der Waals surface area contributed by atoms with Crippen molar-refractivity contribution < 1.29 is 9.53 Å². The van der Waals surface area contributed by atoms with E-state index in [0.717, 1.165) is 61.3 Å². The summed E-state index contributed by atoms with van der Waals surface area (Å²) in [6.45, 7) is 7.67. The molecule has 4 rings (SSSR count). The molecule has 7 heteroatoms. The third-order valence-corrected chi connectivity index (χ3v) is 9.03. The summed E-state index contributed by atoms with van der Waals surface area (Å²) in [7, 11) is 1.48. The second-order valence-electron chi connectivity index (χ2n) is 11.5. The summed E-state index contributed by atoms with van der Waals surface area (Å²) in [5, 5.41) is 5.17. The number of nitrogens with one attached hydrogen (secondary N) is 1. The highest BCUT2D eigenvalue weighted by atomic mass is 35.5. The van der Waals surface area contributed by atoms with Gasteiger partial charge in [0.1, 0.15) is 0 Å². The molecule has 0 radical (unpaired) electrons. The minimum atomic E-state index is -0.953. The highest BCUT2D eigenvalue weighted by Gasteiger charge is 2.55.